The highest BCUT2D eigenvalue weighted by Gasteiger charge is 2.10. The van der Waals surface area contributed by atoms with E-state index < -0.39 is 0 Å². The van der Waals surface area contributed by atoms with Gasteiger partial charge in [-0.05, 0) is 43.2 Å². The van der Waals surface area contributed by atoms with E-state index in [0.29, 0.717) is 23.5 Å². The second kappa shape index (κ2) is 10.8. The van der Waals surface area contributed by atoms with Gasteiger partial charge in [0.05, 0.1) is 0 Å². The number of anilines is 3. The number of nitrogens with zero attached hydrogens (tertiary/aromatic N) is 1. The SMILES string of the molecule is CC(=O)Nc1cc(NC(C)=O)cc(C(=O)NCCCCN(C)c2ccccc2)c1. The minimum Gasteiger partial charge on any atom is -0.375 e. The second-order valence-electron chi connectivity index (χ2n) is 6.88. The molecule has 0 fully saturated rings. The van der Waals surface area contributed by atoms with Crippen molar-refractivity contribution in [2.24, 2.45) is 0 Å². The molecule has 7 heteroatoms. The summed E-state index contributed by atoms with van der Waals surface area (Å²) in [6, 6.07) is 14.9. The van der Waals surface area contributed by atoms with Gasteiger partial charge < -0.3 is 20.9 Å². The molecule has 7 nitrogen and oxygen atoms in total. The van der Waals surface area contributed by atoms with Crippen LogP contribution in [0.15, 0.2) is 48.5 Å². The van der Waals surface area contributed by atoms with Crippen molar-refractivity contribution in [1.82, 2.24) is 5.32 Å². The van der Waals surface area contributed by atoms with E-state index in [1.807, 2.05) is 25.2 Å². The summed E-state index contributed by atoms with van der Waals surface area (Å²) >= 11 is 0. The van der Waals surface area contributed by atoms with Gasteiger partial charge in [0.15, 0.2) is 0 Å². The maximum absolute atomic E-state index is 12.5. The van der Waals surface area contributed by atoms with Crippen molar-refractivity contribution in [2.45, 2.75) is 26.7 Å². The predicted octanol–water partition coefficient (Wildman–Crippen LogP) is 3.25. The van der Waals surface area contributed by atoms with Crippen molar-refractivity contribution in [2.75, 3.05) is 35.7 Å². The summed E-state index contributed by atoms with van der Waals surface area (Å²) in [6.07, 6.45) is 1.78. The lowest BCUT2D eigenvalue weighted by atomic mass is 10.1. The average molecular weight is 396 g/mol. The van der Waals surface area contributed by atoms with Gasteiger partial charge in [0.2, 0.25) is 11.8 Å². The molecule has 3 amide bonds. The minimum atomic E-state index is -0.251. The topological polar surface area (TPSA) is 90.5 Å². The summed E-state index contributed by atoms with van der Waals surface area (Å²) in [4.78, 5) is 37.3. The maximum Gasteiger partial charge on any atom is 0.251 e. The van der Waals surface area contributed by atoms with E-state index in [1.54, 1.807) is 18.2 Å². The van der Waals surface area contributed by atoms with Crippen LogP contribution in [0.2, 0.25) is 0 Å². The summed E-state index contributed by atoms with van der Waals surface area (Å²) in [6.45, 7) is 4.21. The number of unbranched alkanes of at least 4 members (excludes halogenated alkanes) is 1. The Bertz CT molecular complexity index is 818. The Morgan fingerprint density at radius 2 is 1.45 bits per heavy atom. The molecule has 0 saturated carbocycles. The van der Waals surface area contributed by atoms with Crippen LogP contribution in [0.5, 0.6) is 0 Å². The van der Waals surface area contributed by atoms with Crippen molar-refractivity contribution in [3.63, 3.8) is 0 Å². The Balaban J connectivity index is 1.87. The molecule has 3 N–H and O–H groups in total. The molecule has 0 atom stereocenters. The maximum atomic E-state index is 12.5. The predicted molar refractivity (Wildman–Crippen MR) is 116 cm³/mol. The largest absolute Gasteiger partial charge is 0.375 e. The lowest BCUT2D eigenvalue weighted by molar-refractivity contribution is -0.115. The third-order valence-corrected chi connectivity index (χ3v) is 4.24. The molecule has 0 saturated heterocycles. The van der Waals surface area contributed by atoms with Crippen molar-refractivity contribution >= 4 is 34.8 Å². The van der Waals surface area contributed by atoms with Gasteiger partial charge in [0, 0.05) is 56.6 Å². The first kappa shape index (κ1) is 21.9. The van der Waals surface area contributed by atoms with Crippen LogP contribution >= 0.6 is 0 Å². The first-order chi connectivity index (χ1) is 13.8. The minimum absolute atomic E-state index is 0.250. The molecule has 0 spiro atoms. The monoisotopic (exact) mass is 396 g/mol. The van der Waals surface area contributed by atoms with Gasteiger partial charge in [0.25, 0.3) is 5.91 Å². The lowest BCUT2D eigenvalue weighted by Crippen LogP contribution is -2.26. The summed E-state index contributed by atoms with van der Waals surface area (Å²) in [5, 5.41) is 8.18. The number of rotatable bonds is 9. The third kappa shape index (κ3) is 7.65. The van der Waals surface area contributed by atoms with Gasteiger partial charge in [-0.25, -0.2) is 0 Å². The normalized spacial score (nSPS) is 10.2. The third-order valence-electron chi connectivity index (χ3n) is 4.24. The van der Waals surface area contributed by atoms with Gasteiger partial charge in [0.1, 0.15) is 0 Å². The first-order valence-electron chi connectivity index (χ1n) is 9.60. The molecule has 0 aromatic heterocycles. The number of hydrogen-bond acceptors (Lipinski definition) is 4. The van der Waals surface area contributed by atoms with E-state index in [2.05, 4.69) is 33.0 Å². The number of carbonyl (C=O) groups excluding carboxylic acids is 3. The second-order valence-corrected chi connectivity index (χ2v) is 6.88. The Hall–Kier alpha value is -3.35. The molecule has 2 aromatic rings. The molecular formula is C22H28N4O3. The van der Waals surface area contributed by atoms with Crippen LogP contribution in [-0.2, 0) is 9.59 Å². The molecule has 0 bridgehead atoms. The van der Waals surface area contributed by atoms with E-state index in [4.69, 9.17) is 0 Å². The van der Waals surface area contributed by atoms with Crippen LogP contribution < -0.4 is 20.9 Å². The van der Waals surface area contributed by atoms with Crippen LogP contribution in [0, 0.1) is 0 Å². The number of para-hydroxylation sites is 1. The van der Waals surface area contributed by atoms with Gasteiger partial charge in [-0.2, -0.15) is 0 Å². The van der Waals surface area contributed by atoms with Crippen LogP contribution in [-0.4, -0.2) is 37.9 Å². The van der Waals surface area contributed by atoms with Crippen LogP contribution in [0.1, 0.15) is 37.0 Å². The molecule has 2 aromatic carbocycles. The molecule has 2 rings (SSSR count). The fraction of sp³-hybridized carbons (Fsp3) is 0.318. The van der Waals surface area contributed by atoms with Crippen LogP contribution in [0.25, 0.3) is 0 Å². The van der Waals surface area contributed by atoms with Crippen molar-refractivity contribution in [3.05, 3.63) is 54.1 Å². The van der Waals surface area contributed by atoms with E-state index in [1.165, 1.54) is 13.8 Å². The molecule has 154 valence electrons. The highest BCUT2D eigenvalue weighted by Crippen LogP contribution is 2.19. The smallest absolute Gasteiger partial charge is 0.251 e. The van der Waals surface area contributed by atoms with Crippen molar-refractivity contribution in [3.8, 4) is 0 Å². The molecule has 0 aliphatic heterocycles. The van der Waals surface area contributed by atoms with Crippen molar-refractivity contribution < 1.29 is 14.4 Å². The summed E-state index contributed by atoms with van der Waals surface area (Å²) in [7, 11) is 2.05. The van der Waals surface area contributed by atoms with Gasteiger partial charge in [-0.3, -0.25) is 14.4 Å². The number of hydrogen-bond donors (Lipinski definition) is 3. The zero-order chi connectivity index (χ0) is 21.2. The zero-order valence-electron chi connectivity index (χ0n) is 17.1. The molecule has 29 heavy (non-hydrogen) atoms. The van der Waals surface area contributed by atoms with Gasteiger partial charge in [-0.15, -0.1) is 0 Å². The Kier molecular flexibility index (Phi) is 8.21. The number of benzene rings is 2. The molecule has 0 heterocycles. The zero-order valence-corrected chi connectivity index (χ0v) is 17.1. The summed E-state index contributed by atoms with van der Waals surface area (Å²) in [5.74, 6) is -0.752. The van der Waals surface area contributed by atoms with E-state index >= 15 is 0 Å². The molecule has 0 unspecified atom stereocenters. The highest BCUT2D eigenvalue weighted by atomic mass is 16.2. The molecular weight excluding hydrogens is 368 g/mol. The van der Waals surface area contributed by atoms with E-state index in [-0.39, 0.29) is 17.7 Å². The van der Waals surface area contributed by atoms with E-state index in [0.717, 1.165) is 25.1 Å². The van der Waals surface area contributed by atoms with Gasteiger partial charge >= 0.3 is 0 Å². The highest BCUT2D eigenvalue weighted by molar-refractivity contribution is 5.99. The number of carbonyl (C=O) groups is 3. The van der Waals surface area contributed by atoms with Crippen molar-refractivity contribution in [1.29, 1.82) is 0 Å². The molecule has 0 radical (unpaired) electrons. The average Bonchev–Trinajstić information content (AvgIpc) is 2.66. The quantitative estimate of drug-likeness (QED) is 0.568. The molecule has 0 aliphatic rings. The van der Waals surface area contributed by atoms with Gasteiger partial charge in [-0.1, -0.05) is 18.2 Å². The fourth-order valence-corrected chi connectivity index (χ4v) is 2.90. The fourth-order valence-electron chi connectivity index (χ4n) is 2.90. The number of amides is 3. The van der Waals surface area contributed by atoms with Crippen LogP contribution in [0.3, 0.4) is 0 Å². The first-order valence-corrected chi connectivity index (χ1v) is 9.60. The number of nitrogens with one attached hydrogen (secondary N) is 3. The summed E-state index contributed by atoms with van der Waals surface area (Å²) < 4.78 is 0. The lowest BCUT2D eigenvalue weighted by Gasteiger charge is -2.19. The standard InChI is InChI=1S/C22H28N4O3/c1-16(27)24-19-13-18(14-20(15-19)25-17(2)28)22(29)23-11-7-8-12-26(3)21-9-5-4-6-10-21/h4-6,9-10,13-15H,7-8,11-12H2,1-3H3,(H,23,29)(H,24,27)(H,25,28). The summed E-state index contributed by atoms with van der Waals surface area (Å²) in [5.41, 5.74) is 2.45. The Morgan fingerprint density at radius 1 is 0.862 bits per heavy atom. The Morgan fingerprint density at radius 3 is 2.00 bits per heavy atom. The molecule has 0 aliphatic carbocycles. The van der Waals surface area contributed by atoms with E-state index in [9.17, 15) is 14.4 Å². The van der Waals surface area contributed by atoms with Crippen LogP contribution in [0.4, 0.5) is 17.1 Å². The Labute approximate surface area is 171 Å².